The normalized spacial score (nSPS) is 16.0. The Balaban J connectivity index is 0.000000185. The number of piperidine rings is 1. The van der Waals surface area contributed by atoms with Gasteiger partial charge in [0.15, 0.2) is 5.82 Å². The minimum Gasteiger partial charge on any atom is -0.338 e. The number of nitrogens with zero attached hydrogens (tertiary/aromatic N) is 3. The third-order valence-electron chi connectivity index (χ3n) is 3.90. The molecule has 2 heterocycles. The van der Waals surface area contributed by atoms with Crippen molar-refractivity contribution in [3.05, 3.63) is 46.6 Å². The van der Waals surface area contributed by atoms with Crippen LogP contribution in [0.4, 0.5) is 0 Å². The van der Waals surface area contributed by atoms with Crippen LogP contribution in [0.25, 0.3) is 0 Å². The molecule has 4 nitrogen and oxygen atoms in total. The molecule has 6 heteroatoms. The average molecular weight is 354 g/mol. The number of halogens is 1. The van der Waals surface area contributed by atoms with Crippen molar-refractivity contribution >= 4 is 23.4 Å². The standard InChI is InChI=1S/C12H16ClN.C5H8N2OS/c1-14-8-6-11(7-9-14)10-2-4-12(13)5-3-10;1-4-6-5(3-9-2)8-7-4/h2-5,11H,6-9H2,1H3;3H2,1-2H3. The second kappa shape index (κ2) is 9.30. The molecular formula is C17H24ClN3OS. The van der Waals surface area contributed by atoms with E-state index in [0.717, 1.165) is 16.7 Å². The summed E-state index contributed by atoms with van der Waals surface area (Å²) in [5, 5.41) is 4.47. The SMILES string of the molecule is CN1CCC(c2ccc(Cl)cc2)CC1.CSCc1nc(C)no1. The lowest BCUT2D eigenvalue weighted by Crippen LogP contribution is -2.29. The summed E-state index contributed by atoms with van der Waals surface area (Å²) in [6, 6.07) is 8.32. The molecule has 0 N–H and O–H groups in total. The van der Waals surface area contributed by atoms with E-state index in [0.29, 0.717) is 11.7 Å². The Morgan fingerprint density at radius 2 is 1.91 bits per heavy atom. The maximum absolute atomic E-state index is 5.87. The summed E-state index contributed by atoms with van der Waals surface area (Å²) in [7, 11) is 2.19. The van der Waals surface area contributed by atoms with Gasteiger partial charge in [0, 0.05) is 5.02 Å². The van der Waals surface area contributed by atoms with E-state index >= 15 is 0 Å². The second-order valence-electron chi connectivity index (χ2n) is 5.80. The van der Waals surface area contributed by atoms with Crippen molar-refractivity contribution in [1.82, 2.24) is 15.0 Å². The molecule has 0 amide bonds. The van der Waals surface area contributed by atoms with Gasteiger partial charge in [-0.25, -0.2) is 0 Å². The van der Waals surface area contributed by atoms with Crippen molar-refractivity contribution in [2.24, 2.45) is 0 Å². The molecule has 0 radical (unpaired) electrons. The third-order valence-corrected chi connectivity index (χ3v) is 4.69. The van der Waals surface area contributed by atoms with Crippen LogP contribution >= 0.6 is 23.4 Å². The molecule has 1 aromatic heterocycles. The van der Waals surface area contributed by atoms with E-state index in [2.05, 4.69) is 34.2 Å². The van der Waals surface area contributed by atoms with Gasteiger partial charge in [-0.2, -0.15) is 16.7 Å². The molecule has 0 bridgehead atoms. The second-order valence-corrected chi connectivity index (χ2v) is 7.10. The van der Waals surface area contributed by atoms with Crippen molar-refractivity contribution < 1.29 is 4.52 Å². The quantitative estimate of drug-likeness (QED) is 0.818. The van der Waals surface area contributed by atoms with E-state index in [-0.39, 0.29) is 0 Å². The number of rotatable bonds is 3. The van der Waals surface area contributed by atoms with Gasteiger partial charge in [-0.3, -0.25) is 0 Å². The van der Waals surface area contributed by atoms with Crippen LogP contribution in [0.3, 0.4) is 0 Å². The Kier molecular flexibility index (Phi) is 7.40. The highest BCUT2D eigenvalue weighted by Gasteiger charge is 2.17. The number of thioether (sulfide) groups is 1. The molecule has 0 aliphatic carbocycles. The lowest BCUT2D eigenvalue weighted by atomic mass is 9.90. The molecule has 2 aromatic rings. The lowest BCUT2D eigenvalue weighted by Gasteiger charge is -2.29. The van der Waals surface area contributed by atoms with Crippen LogP contribution in [0, 0.1) is 6.92 Å². The van der Waals surface area contributed by atoms with Crippen LogP contribution in [0.2, 0.25) is 5.02 Å². The first-order chi connectivity index (χ1) is 11.1. The van der Waals surface area contributed by atoms with Gasteiger partial charge < -0.3 is 9.42 Å². The van der Waals surface area contributed by atoms with Crippen LogP contribution in [0.5, 0.6) is 0 Å². The average Bonchev–Trinajstić information content (AvgIpc) is 2.95. The zero-order valence-electron chi connectivity index (χ0n) is 14.0. The van der Waals surface area contributed by atoms with Gasteiger partial charge in [0.05, 0.1) is 5.75 Å². The molecule has 1 aromatic carbocycles. The summed E-state index contributed by atoms with van der Waals surface area (Å²) >= 11 is 7.54. The van der Waals surface area contributed by atoms with Crippen LogP contribution in [0.1, 0.15) is 36.0 Å². The molecular weight excluding hydrogens is 330 g/mol. The van der Waals surface area contributed by atoms with Gasteiger partial charge in [-0.15, -0.1) is 0 Å². The summed E-state index contributed by atoms with van der Waals surface area (Å²) in [5.74, 6) is 2.96. The minimum absolute atomic E-state index is 0.707. The Bertz CT molecular complexity index is 580. The number of benzene rings is 1. The fourth-order valence-corrected chi connectivity index (χ4v) is 3.09. The summed E-state index contributed by atoms with van der Waals surface area (Å²) in [4.78, 5) is 6.40. The Morgan fingerprint density at radius 3 is 2.43 bits per heavy atom. The van der Waals surface area contributed by atoms with Gasteiger partial charge in [-0.05, 0) is 69.8 Å². The van der Waals surface area contributed by atoms with Crippen LogP contribution < -0.4 is 0 Å². The number of hydrogen-bond donors (Lipinski definition) is 0. The van der Waals surface area contributed by atoms with E-state index in [4.69, 9.17) is 16.1 Å². The monoisotopic (exact) mass is 353 g/mol. The van der Waals surface area contributed by atoms with Crippen molar-refractivity contribution in [2.45, 2.75) is 31.4 Å². The van der Waals surface area contributed by atoms with Gasteiger partial charge >= 0.3 is 0 Å². The first-order valence-electron chi connectivity index (χ1n) is 7.80. The first-order valence-corrected chi connectivity index (χ1v) is 9.57. The van der Waals surface area contributed by atoms with Gasteiger partial charge in [0.1, 0.15) is 0 Å². The summed E-state index contributed by atoms with van der Waals surface area (Å²) in [5.41, 5.74) is 1.45. The van der Waals surface area contributed by atoms with Crippen LogP contribution in [0.15, 0.2) is 28.8 Å². The van der Waals surface area contributed by atoms with Crippen LogP contribution in [-0.2, 0) is 5.75 Å². The number of hydrogen-bond acceptors (Lipinski definition) is 5. The van der Waals surface area contributed by atoms with Crippen molar-refractivity contribution in [2.75, 3.05) is 26.4 Å². The van der Waals surface area contributed by atoms with Gasteiger partial charge in [0.2, 0.25) is 5.89 Å². The van der Waals surface area contributed by atoms with Crippen LogP contribution in [-0.4, -0.2) is 41.4 Å². The number of aromatic nitrogens is 2. The highest BCUT2D eigenvalue weighted by Crippen LogP contribution is 2.28. The van der Waals surface area contributed by atoms with E-state index in [1.54, 1.807) is 11.8 Å². The fourth-order valence-electron chi connectivity index (χ4n) is 2.60. The Hall–Kier alpha value is -1.04. The molecule has 0 saturated carbocycles. The Labute approximate surface area is 147 Å². The van der Waals surface area contributed by atoms with Crippen molar-refractivity contribution in [3.63, 3.8) is 0 Å². The zero-order chi connectivity index (χ0) is 16.7. The topological polar surface area (TPSA) is 42.2 Å². The lowest BCUT2D eigenvalue weighted by molar-refractivity contribution is 0.255. The minimum atomic E-state index is 0.707. The first kappa shape index (κ1) is 18.3. The largest absolute Gasteiger partial charge is 0.338 e. The molecule has 1 aliphatic rings. The zero-order valence-corrected chi connectivity index (χ0v) is 15.5. The van der Waals surface area contributed by atoms with Crippen molar-refractivity contribution in [3.8, 4) is 0 Å². The maximum atomic E-state index is 5.87. The number of aryl methyl sites for hydroxylation is 1. The highest BCUT2D eigenvalue weighted by atomic mass is 35.5. The molecule has 1 aliphatic heterocycles. The molecule has 0 unspecified atom stereocenters. The summed E-state index contributed by atoms with van der Waals surface area (Å²) in [6.45, 7) is 4.24. The molecule has 23 heavy (non-hydrogen) atoms. The Morgan fingerprint density at radius 1 is 1.26 bits per heavy atom. The van der Waals surface area contributed by atoms with E-state index in [1.165, 1.54) is 31.5 Å². The highest BCUT2D eigenvalue weighted by molar-refractivity contribution is 7.97. The van der Waals surface area contributed by atoms with E-state index in [9.17, 15) is 0 Å². The molecule has 0 spiro atoms. The summed E-state index contributed by atoms with van der Waals surface area (Å²) in [6.07, 6.45) is 4.55. The predicted molar refractivity (Wildman–Crippen MR) is 97.2 cm³/mol. The van der Waals surface area contributed by atoms with E-state index < -0.39 is 0 Å². The smallest absolute Gasteiger partial charge is 0.236 e. The third kappa shape index (κ3) is 6.16. The van der Waals surface area contributed by atoms with Gasteiger partial charge in [-0.1, -0.05) is 28.9 Å². The molecule has 1 fully saturated rings. The van der Waals surface area contributed by atoms with E-state index in [1.807, 2.05) is 25.3 Å². The number of likely N-dealkylation sites (tertiary alicyclic amines) is 1. The van der Waals surface area contributed by atoms with Gasteiger partial charge in [0.25, 0.3) is 0 Å². The molecule has 126 valence electrons. The van der Waals surface area contributed by atoms with Crippen molar-refractivity contribution in [1.29, 1.82) is 0 Å². The molecule has 0 atom stereocenters. The maximum Gasteiger partial charge on any atom is 0.236 e. The molecule has 1 saturated heterocycles. The molecule has 3 rings (SSSR count). The predicted octanol–water partition coefficient (Wildman–Crippen LogP) is 4.39. The summed E-state index contributed by atoms with van der Waals surface area (Å²) < 4.78 is 4.82. The fraction of sp³-hybridized carbons (Fsp3) is 0.529.